The molecule has 0 unspecified atom stereocenters. The summed E-state index contributed by atoms with van der Waals surface area (Å²) in [5, 5.41) is 0. The second-order valence-electron chi connectivity index (χ2n) is 4.24. The standard InChI is InChI=1S/C12H22F3I/c13-12(14,15)10-8-6-4-2-1-3-5-7-9-11-16/h1-11H2. The molecule has 0 aromatic carbocycles. The lowest BCUT2D eigenvalue weighted by molar-refractivity contribution is -0.135. The molecule has 0 bridgehead atoms. The van der Waals surface area contributed by atoms with Gasteiger partial charge >= 0.3 is 6.18 Å². The van der Waals surface area contributed by atoms with E-state index >= 15 is 0 Å². The highest BCUT2D eigenvalue weighted by molar-refractivity contribution is 14.1. The molecule has 0 nitrogen and oxygen atoms in total. The maximum atomic E-state index is 11.8. The molecule has 0 aliphatic carbocycles. The fraction of sp³-hybridized carbons (Fsp3) is 1.00. The molecule has 0 atom stereocenters. The van der Waals surface area contributed by atoms with E-state index in [2.05, 4.69) is 22.6 Å². The van der Waals surface area contributed by atoms with Gasteiger partial charge in [-0.2, -0.15) is 13.2 Å². The summed E-state index contributed by atoms with van der Waals surface area (Å²) in [4.78, 5) is 0. The first kappa shape index (κ1) is 16.5. The molecule has 0 heterocycles. The zero-order valence-corrected chi connectivity index (χ0v) is 11.9. The van der Waals surface area contributed by atoms with Crippen LogP contribution in [0.2, 0.25) is 0 Å². The molecule has 98 valence electrons. The van der Waals surface area contributed by atoms with Crippen molar-refractivity contribution in [1.82, 2.24) is 0 Å². The van der Waals surface area contributed by atoms with Crippen LogP contribution in [0.1, 0.15) is 64.2 Å². The Kier molecular flexibility index (Phi) is 11.0. The van der Waals surface area contributed by atoms with Crippen molar-refractivity contribution in [3.63, 3.8) is 0 Å². The summed E-state index contributed by atoms with van der Waals surface area (Å²) in [6.45, 7) is 0. The number of unbranched alkanes of at least 4 members (excludes halogenated alkanes) is 8. The third kappa shape index (κ3) is 14.5. The van der Waals surface area contributed by atoms with Crippen molar-refractivity contribution in [1.29, 1.82) is 0 Å². The van der Waals surface area contributed by atoms with E-state index < -0.39 is 12.6 Å². The molecule has 0 rings (SSSR count). The van der Waals surface area contributed by atoms with Crippen molar-refractivity contribution in [2.24, 2.45) is 0 Å². The van der Waals surface area contributed by atoms with E-state index in [4.69, 9.17) is 0 Å². The van der Waals surface area contributed by atoms with Gasteiger partial charge in [0.2, 0.25) is 0 Å². The summed E-state index contributed by atoms with van der Waals surface area (Å²) in [6, 6.07) is 0. The molecule has 4 heteroatoms. The smallest absolute Gasteiger partial charge is 0.171 e. The van der Waals surface area contributed by atoms with Crippen LogP contribution in [0.5, 0.6) is 0 Å². The van der Waals surface area contributed by atoms with E-state index in [0.717, 1.165) is 19.3 Å². The first-order valence-corrected chi connectivity index (χ1v) is 7.71. The van der Waals surface area contributed by atoms with Crippen LogP contribution >= 0.6 is 22.6 Å². The number of rotatable bonds is 10. The van der Waals surface area contributed by atoms with Crippen LogP contribution in [0.15, 0.2) is 0 Å². The number of halogens is 4. The molecule has 0 aliphatic rings. The summed E-state index contributed by atoms with van der Waals surface area (Å²) in [6.07, 6.45) is 4.84. The first-order chi connectivity index (χ1) is 7.56. The van der Waals surface area contributed by atoms with Gasteiger partial charge in [-0.25, -0.2) is 0 Å². The highest BCUT2D eigenvalue weighted by Crippen LogP contribution is 2.23. The third-order valence-electron chi connectivity index (χ3n) is 2.59. The average molecular weight is 350 g/mol. The van der Waals surface area contributed by atoms with Gasteiger partial charge in [-0.05, 0) is 17.3 Å². The summed E-state index contributed by atoms with van der Waals surface area (Å²) in [5.41, 5.74) is 0. The fourth-order valence-corrected chi connectivity index (χ4v) is 2.20. The SMILES string of the molecule is FC(F)(F)CCCCCCCCCCCI. The van der Waals surface area contributed by atoms with Crippen LogP contribution in [0.4, 0.5) is 13.2 Å². The van der Waals surface area contributed by atoms with Gasteiger partial charge in [0.15, 0.2) is 0 Å². The highest BCUT2D eigenvalue weighted by Gasteiger charge is 2.25. The van der Waals surface area contributed by atoms with Crippen LogP contribution in [-0.4, -0.2) is 10.6 Å². The summed E-state index contributed by atoms with van der Waals surface area (Å²) >= 11 is 2.39. The summed E-state index contributed by atoms with van der Waals surface area (Å²) in [7, 11) is 0. The topological polar surface area (TPSA) is 0 Å². The minimum absolute atomic E-state index is 0.304. The number of hydrogen-bond donors (Lipinski definition) is 0. The van der Waals surface area contributed by atoms with Crippen LogP contribution < -0.4 is 0 Å². The Balaban J connectivity index is 2.99. The lowest BCUT2D eigenvalue weighted by Gasteiger charge is -2.05. The van der Waals surface area contributed by atoms with E-state index in [1.165, 1.54) is 36.5 Å². The van der Waals surface area contributed by atoms with Crippen LogP contribution in [0.25, 0.3) is 0 Å². The second kappa shape index (κ2) is 10.7. The number of hydrogen-bond acceptors (Lipinski definition) is 0. The lowest BCUT2D eigenvalue weighted by Crippen LogP contribution is -2.06. The first-order valence-electron chi connectivity index (χ1n) is 6.19. The molecule has 0 fully saturated rings. The van der Waals surface area contributed by atoms with Crippen molar-refractivity contribution >= 4 is 22.6 Å². The van der Waals surface area contributed by atoms with Crippen molar-refractivity contribution < 1.29 is 13.2 Å². The largest absolute Gasteiger partial charge is 0.389 e. The van der Waals surface area contributed by atoms with Crippen molar-refractivity contribution in [2.45, 2.75) is 70.4 Å². The molecule has 0 saturated carbocycles. The monoisotopic (exact) mass is 350 g/mol. The molecule has 0 N–H and O–H groups in total. The maximum Gasteiger partial charge on any atom is 0.389 e. The highest BCUT2D eigenvalue weighted by atomic mass is 127. The Labute approximate surface area is 111 Å². The van der Waals surface area contributed by atoms with Gasteiger partial charge < -0.3 is 0 Å². The van der Waals surface area contributed by atoms with Gasteiger partial charge in [0.25, 0.3) is 0 Å². The third-order valence-corrected chi connectivity index (χ3v) is 3.36. The van der Waals surface area contributed by atoms with Crippen molar-refractivity contribution in [2.75, 3.05) is 4.43 Å². The normalized spacial score (nSPS) is 12.0. The predicted molar refractivity (Wildman–Crippen MR) is 71.1 cm³/mol. The maximum absolute atomic E-state index is 11.8. The fourth-order valence-electron chi connectivity index (χ4n) is 1.66. The second-order valence-corrected chi connectivity index (χ2v) is 5.31. The van der Waals surface area contributed by atoms with Crippen molar-refractivity contribution in [3.8, 4) is 0 Å². The van der Waals surface area contributed by atoms with Gasteiger partial charge in [-0.15, -0.1) is 0 Å². The summed E-state index contributed by atoms with van der Waals surface area (Å²) < 4.78 is 36.6. The molecule has 0 radical (unpaired) electrons. The molecule has 0 aromatic rings. The van der Waals surface area contributed by atoms with Gasteiger partial charge in [-0.3, -0.25) is 0 Å². The van der Waals surface area contributed by atoms with Gasteiger partial charge in [0.1, 0.15) is 0 Å². The van der Waals surface area contributed by atoms with E-state index in [-0.39, 0.29) is 0 Å². The van der Waals surface area contributed by atoms with E-state index in [1.54, 1.807) is 0 Å². The molecule has 0 spiro atoms. The lowest BCUT2D eigenvalue weighted by atomic mass is 10.1. The van der Waals surface area contributed by atoms with Crippen LogP contribution in [0.3, 0.4) is 0 Å². The van der Waals surface area contributed by atoms with E-state index in [1.807, 2.05) is 0 Å². The minimum Gasteiger partial charge on any atom is -0.171 e. The molecule has 0 aliphatic heterocycles. The molecular formula is C12H22F3I. The van der Waals surface area contributed by atoms with E-state index in [0.29, 0.717) is 6.42 Å². The Hall–Kier alpha value is 0.520. The van der Waals surface area contributed by atoms with Gasteiger partial charge in [0, 0.05) is 6.42 Å². The van der Waals surface area contributed by atoms with E-state index in [9.17, 15) is 13.2 Å². The Morgan fingerprint density at radius 2 is 1.00 bits per heavy atom. The minimum atomic E-state index is -3.96. The predicted octanol–water partition coefficient (Wildman–Crippen LogP) is 5.88. The Morgan fingerprint density at radius 1 is 0.625 bits per heavy atom. The Morgan fingerprint density at radius 3 is 1.38 bits per heavy atom. The summed E-state index contributed by atoms with van der Waals surface area (Å²) in [5.74, 6) is 0. The quantitative estimate of drug-likeness (QED) is 0.262. The molecule has 16 heavy (non-hydrogen) atoms. The molecule has 0 aromatic heterocycles. The van der Waals surface area contributed by atoms with Crippen LogP contribution in [0, 0.1) is 0 Å². The average Bonchev–Trinajstić information content (AvgIpc) is 2.19. The zero-order chi connectivity index (χ0) is 12.3. The molecule has 0 amide bonds. The van der Waals surface area contributed by atoms with Gasteiger partial charge in [0.05, 0.1) is 0 Å². The zero-order valence-electron chi connectivity index (χ0n) is 9.79. The van der Waals surface area contributed by atoms with Gasteiger partial charge in [-0.1, -0.05) is 67.5 Å². The number of alkyl halides is 4. The van der Waals surface area contributed by atoms with Crippen molar-refractivity contribution in [3.05, 3.63) is 0 Å². The molecular weight excluding hydrogens is 328 g/mol. The molecule has 0 saturated heterocycles. The Bertz CT molecular complexity index is 146. The van der Waals surface area contributed by atoms with Crippen LogP contribution in [-0.2, 0) is 0 Å².